The monoisotopic (exact) mass is 300 g/mol. The lowest BCUT2D eigenvalue weighted by atomic mass is 9.77. The van der Waals surface area contributed by atoms with Crippen molar-refractivity contribution in [1.82, 2.24) is 15.2 Å². The van der Waals surface area contributed by atoms with Gasteiger partial charge in [-0.25, -0.2) is 4.98 Å². The van der Waals surface area contributed by atoms with Crippen LogP contribution >= 0.6 is 0 Å². The van der Waals surface area contributed by atoms with E-state index in [0.717, 1.165) is 22.1 Å². The number of fused-ring (bicyclic) bond motifs is 1. The van der Waals surface area contributed by atoms with Gasteiger partial charge in [0, 0.05) is 18.1 Å². The van der Waals surface area contributed by atoms with Crippen molar-refractivity contribution in [3.05, 3.63) is 29.5 Å². The van der Waals surface area contributed by atoms with Gasteiger partial charge in [-0.3, -0.25) is 5.10 Å². The summed E-state index contributed by atoms with van der Waals surface area (Å²) in [6, 6.07) is 2.01. The fraction of sp³-hybridized carbons (Fsp3) is 0.467. The van der Waals surface area contributed by atoms with Crippen LogP contribution < -0.4 is 5.73 Å². The second kappa shape index (κ2) is 5.19. The lowest BCUT2D eigenvalue weighted by Crippen LogP contribution is -2.41. The number of nitrogens with one attached hydrogen (secondary N) is 1. The van der Waals surface area contributed by atoms with E-state index in [-0.39, 0.29) is 11.2 Å². The van der Waals surface area contributed by atoms with Crippen LogP contribution in [-0.4, -0.2) is 40.0 Å². The molecule has 1 aliphatic rings. The first-order chi connectivity index (χ1) is 10.3. The summed E-state index contributed by atoms with van der Waals surface area (Å²) in [7, 11) is -0.435. The van der Waals surface area contributed by atoms with Crippen molar-refractivity contribution in [2.75, 3.05) is 6.54 Å². The molecule has 0 saturated carbocycles. The average Bonchev–Trinajstić information content (AvgIpc) is 2.98. The van der Waals surface area contributed by atoms with Crippen LogP contribution in [0.4, 0.5) is 0 Å². The van der Waals surface area contributed by atoms with Gasteiger partial charge >= 0.3 is 7.12 Å². The molecule has 0 bridgehead atoms. The summed E-state index contributed by atoms with van der Waals surface area (Å²) in [6.07, 6.45) is 5.50. The molecule has 1 saturated heterocycles. The average molecular weight is 300 g/mol. The largest absolute Gasteiger partial charge is 0.491 e. The van der Waals surface area contributed by atoms with Crippen LogP contribution in [0.5, 0.6) is 0 Å². The highest BCUT2D eigenvalue weighted by atomic mass is 16.7. The summed E-state index contributed by atoms with van der Waals surface area (Å²) in [5, 5.41) is 7.77. The molecule has 3 rings (SSSR count). The van der Waals surface area contributed by atoms with E-state index >= 15 is 0 Å². The molecule has 0 aliphatic carbocycles. The van der Waals surface area contributed by atoms with Crippen molar-refractivity contribution in [2.24, 2.45) is 5.73 Å². The van der Waals surface area contributed by atoms with Gasteiger partial charge in [-0.1, -0.05) is 6.08 Å². The summed E-state index contributed by atoms with van der Waals surface area (Å²) in [4.78, 5) is 4.33. The van der Waals surface area contributed by atoms with E-state index in [2.05, 4.69) is 15.2 Å². The van der Waals surface area contributed by atoms with Crippen molar-refractivity contribution in [3.63, 3.8) is 0 Å². The van der Waals surface area contributed by atoms with Crippen LogP contribution in [0.3, 0.4) is 0 Å². The predicted octanol–water partition coefficient (Wildman–Crippen LogP) is 1.93. The lowest BCUT2D eigenvalue weighted by Gasteiger charge is -2.32. The van der Waals surface area contributed by atoms with Gasteiger partial charge in [0.2, 0.25) is 0 Å². The van der Waals surface area contributed by atoms with E-state index in [1.807, 2.05) is 39.8 Å². The summed E-state index contributed by atoms with van der Waals surface area (Å²) < 4.78 is 12.1. The standard InChI is InChI=1S/C15H21BN4O2/c1-14(2)15(3,4)22-16(21-14)12(7-17)6-10-5-11-9-19-20-13(11)18-8-10/h5-6,8-9H,7,17H2,1-4H3,(H,18,19,20). The fourth-order valence-corrected chi connectivity index (χ4v) is 2.36. The number of H-pyrrole nitrogens is 1. The Balaban J connectivity index is 1.90. The Morgan fingerprint density at radius 1 is 1.27 bits per heavy atom. The second-order valence-electron chi connectivity index (χ2n) is 6.59. The molecule has 0 spiro atoms. The van der Waals surface area contributed by atoms with Crippen LogP contribution in [0.25, 0.3) is 17.1 Å². The third-order valence-electron chi connectivity index (χ3n) is 4.46. The molecule has 0 aromatic carbocycles. The van der Waals surface area contributed by atoms with Gasteiger partial charge in [-0.05, 0) is 44.8 Å². The Bertz CT molecular complexity index is 707. The normalized spacial score (nSPS) is 20.8. The summed E-state index contributed by atoms with van der Waals surface area (Å²) in [6.45, 7) is 8.47. The van der Waals surface area contributed by atoms with Crippen molar-refractivity contribution >= 4 is 24.2 Å². The zero-order valence-corrected chi connectivity index (χ0v) is 13.4. The van der Waals surface area contributed by atoms with Gasteiger partial charge < -0.3 is 15.0 Å². The lowest BCUT2D eigenvalue weighted by molar-refractivity contribution is 0.00578. The quantitative estimate of drug-likeness (QED) is 0.846. The fourth-order valence-electron chi connectivity index (χ4n) is 2.36. The molecule has 2 aromatic rings. The van der Waals surface area contributed by atoms with Crippen LogP contribution in [0, 0.1) is 0 Å². The molecule has 2 aromatic heterocycles. The van der Waals surface area contributed by atoms with Gasteiger partial charge in [0.1, 0.15) is 0 Å². The molecular formula is C15H21BN4O2. The Morgan fingerprint density at radius 3 is 2.59 bits per heavy atom. The molecule has 116 valence electrons. The van der Waals surface area contributed by atoms with E-state index < -0.39 is 7.12 Å². The van der Waals surface area contributed by atoms with Gasteiger partial charge in [0.25, 0.3) is 0 Å². The molecule has 22 heavy (non-hydrogen) atoms. The Labute approximate surface area is 130 Å². The van der Waals surface area contributed by atoms with Crippen molar-refractivity contribution in [3.8, 4) is 0 Å². The van der Waals surface area contributed by atoms with Crippen molar-refractivity contribution in [2.45, 2.75) is 38.9 Å². The molecule has 3 N–H and O–H groups in total. The number of hydrogen-bond donors (Lipinski definition) is 2. The zero-order chi connectivity index (χ0) is 16.0. The Kier molecular flexibility index (Phi) is 3.59. The maximum absolute atomic E-state index is 6.05. The molecule has 7 heteroatoms. The topological polar surface area (TPSA) is 86.0 Å². The second-order valence-corrected chi connectivity index (χ2v) is 6.59. The molecule has 0 unspecified atom stereocenters. The van der Waals surface area contributed by atoms with Crippen molar-refractivity contribution < 1.29 is 9.31 Å². The summed E-state index contributed by atoms with van der Waals surface area (Å²) in [5.74, 6) is 0. The highest BCUT2D eigenvalue weighted by molar-refractivity contribution is 6.55. The molecule has 1 aliphatic heterocycles. The molecule has 0 amide bonds. The van der Waals surface area contributed by atoms with E-state index in [1.165, 1.54) is 0 Å². The van der Waals surface area contributed by atoms with Crippen LogP contribution in [0.15, 0.2) is 23.9 Å². The molecule has 6 nitrogen and oxygen atoms in total. The van der Waals surface area contributed by atoms with E-state index in [1.54, 1.807) is 12.4 Å². The first-order valence-corrected chi connectivity index (χ1v) is 7.38. The minimum Gasteiger partial charge on any atom is -0.400 e. The number of nitrogens with two attached hydrogens (primary N) is 1. The molecule has 3 heterocycles. The number of hydrogen-bond acceptors (Lipinski definition) is 5. The predicted molar refractivity (Wildman–Crippen MR) is 87.0 cm³/mol. The van der Waals surface area contributed by atoms with Crippen LogP contribution in [0.1, 0.15) is 33.3 Å². The Hall–Kier alpha value is -1.70. The SMILES string of the molecule is CC1(C)OB(C(=Cc2cnc3[nH]ncc3c2)CN)OC1(C)C. The third-order valence-corrected chi connectivity index (χ3v) is 4.46. The molecular weight excluding hydrogens is 279 g/mol. The van der Waals surface area contributed by atoms with Crippen LogP contribution in [0.2, 0.25) is 0 Å². The molecule has 1 fully saturated rings. The van der Waals surface area contributed by atoms with E-state index in [9.17, 15) is 0 Å². The van der Waals surface area contributed by atoms with Gasteiger partial charge in [-0.15, -0.1) is 0 Å². The minimum atomic E-state index is -0.435. The maximum atomic E-state index is 6.05. The number of aromatic nitrogens is 3. The first-order valence-electron chi connectivity index (χ1n) is 7.38. The third kappa shape index (κ3) is 2.56. The smallest absolute Gasteiger partial charge is 0.400 e. The highest BCUT2D eigenvalue weighted by Gasteiger charge is 2.52. The van der Waals surface area contributed by atoms with E-state index in [4.69, 9.17) is 15.0 Å². The number of rotatable bonds is 3. The first kappa shape index (κ1) is 15.2. The van der Waals surface area contributed by atoms with E-state index in [0.29, 0.717) is 6.54 Å². The maximum Gasteiger partial charge on any atom is 0.491 e. The van der Waals surface area contributed by atoms with Gasteiger partial charge in [0.05, 0.1) is 17.4 Å². The minimum absolute atomic E-state index is 0.361. The summed E-state index contributed by atoms with van der Waals surface area (Å²) in [5.41, 5.74) is 7.76. The molecule has 0 radical (unpaired) electrons. The zero-order valence-electron chi connectivity index (χ0n) is 13.4. The van der Waals surface area contributed by atoms with Gasteiger partial charge in [0.15, 0.2) is 5.65 Å². The number of aromatic amines is 1. The number of nitrogens with zero attached hydrogens (tertiary/aromatic N) is 2. The van der Waals surface area contributed by atoms with Crippen molar-refractivity contribution in [1.29, 1.82) is 0 Å². The highest BCUT2D eigenvalue weighted by Crippen LogP contribution is 2.38. The summed E-state index contributed by atoms with van der Waals surface area (Å²) >= 11 is 0. The van der Waals surface area contributed by atoms with Crippen LogP contribution in [-0.2, 0) is 9.31 Å². The number of pyridine rings is 1. The van der Waals surface area contributed by atoms with Gasteiger partial charge in [-0.2, -0.15) is 5.10 Å². The Morgan fingerprint density at radius 2 is 1.95 bits per heavy atom. The molecule has 0 atom stereocenters.